The van der Waals surface area contributed by atoms with Gasteiger partial charge in [-0.1, -0.05) is 22.9 Å². The minimum absolute atomic E-state index is 0.0862. The average molecular weight is 303 g/mol. The van der Waals surface area contributed by atoms with Crippen molar-refractivity contribution in [2.75, 3.05) is 0 Å². The molecule has 0 saturated carbocycles. The Balaban J connectivity index is 2.90. The highest BCUT2D eigenvalue weighted by Crippen LogP contribution is 2.23. The number of esters is 1. The van der Waals surface area contributed by atoms with Gasteiger partial charge in [0, 0.05) is 0 Å². The normalized spacial score (nSPS) is 11.9. The van der Waals surface area contributed by atoms with Gasteiger partial charge in [-0.25, -0.2) is 4.79 Å². The second-order valence-electron chi connectivity index (χ2n) is 3.28. The van der Waals surface area contributed by atoms with Crippen LogP contribution >= 0.6 is 15.9 Å². The van der Waals surface area contributed by atoms with Gasteiger partial charge in [-0.15, -0.1) is 0 Å². The van der Waals surface area contributed by atoms with Gasteiger partial charge in [0.1, 0.15) is 21.9 Å². The summed E-state index contributed by atoms with van der Waals surface area (Å²) in [6.45, 7) is 1.81. The van der Waals surface area contributed by atoms with Crippen molar-refractivity contribution in [1.82, 2.24) is 0 Å². The minimum atomic E-state index is -1.29. The number of aromatic carboxylic acids is 1. The Morgan fingerprint density at radius 3 is 2.65 bits per heavy atom. The molecule has 0 radical (unpaired) electrons. The molecule has 0 aromatic heterocycles. The van der Waals surface area contributed by atoms with Crippen molar-refractivity contribution < 1.29 is 24.5 Å². The molecule has 0 aliphatic heterocycles. The van der Waals surface area contributed by atoms with E-state index in [1.165, 1.54) is 12.1 Å². The maximum Gasteiger partial charge on any atom is 0.339 e. The molecule has 92 valence electrons. The van der Waals surface area contributed by atoms with E-state index in [0.717, 1.165) is 6.07 Å². The van der Waals surface area contributed by atoms with Crippen LogP contribution in [0.3, 0.4) is 0 Å². The average Bonchev–Trinajstić information content (AvgIpc) is 2.30. The summed E-state index contributed by atoms with van der Waals surface area (Å²) in [5.41, 5.74) is -0.307. The zero-order valence-electron chi connectivity index (χ0n) is 9.01. The van der Waals surface area contributed by atoms with E-state index in [0.29, 0.717) is 6.42 Å². The van der Waals surface area contributed by atoms with Gasteiger partial charge in [0.05, 0.1) is 0 Å². The van der Waals surface area contributed by atoms with Gasteiger partial charge in [-0.2, -0.15) is 0 Å². The van der Waals surface area contributed by atoms with Crippen molar-refractivity contribution in [2.24, 2.45) is 0 Å². The number of ether oxygens (including phenoxy) is 1. The quantitative estimate of drug-likeness (QED) is 0.506. The predicted octanol–water partition coefficient (Wildman–Crippen LogP) is 2.17. The van der Waals surface area contributed by atoms with Crippen LogP contribution in [0.4, 0.5) is 0 Å². The Morgan fingerprint density at radius 1 is 1.47 bits per heavy atom. The van der Waals surface area contributed by atoms with Crippen molar-refractivity contribution in [3.63, 3.8) is 0 Å². The zero-order chi connectivity index (χ0) is 13.0. The first-order valence-corrected chi connectivity index (χ1v) is 5.79. The maximum atomic E-state index is 11.4. The number of hydrogen-bond donors (Lipinski definition) is 2. The van der Waals surface area contributed by atoms with E-state index >= 15 is 0 Å². The third-order valence-electron chi connectivity index (χ3n) is 2.03. The summed E-state index contributed by atoms with van der Waals surface area (Å²) in [4.78, 5) is 21.7. The first kappa shape index (κ1) is 13.5. The molecule has 2 N–H and O–H groups in total. The number of benzene rings is 1. The summed E-state index contributed by atoms with van der Waals surface area (Å²) in [7, 11) is 0. The fraction of sp³-hybridized carbons (Fsp3) is 0.273. The first-order chi connectivity index (χ1) is 7.95. The van der Waals surface area contributed by atoms with Crippen LogP contribution < -0.4 is 4.74 Å². The Labute approximate surface area is 106 Å². The van der Waals surface area contributed by atoms with Gasteiger partial charge in [0.15, 0.2) is 0 Å². The van der Waals surface area contributed by atoms with Gasteiger partial charge >= 0.3 is 11.9 Å². The molecule has 0 amide bonds. The third-order valence-corrected chi connectivity index (χ3v) is 3.05. The summed E-state index contributed by atoms with van der Waals surface area (Å²) >= 11 is 3.12. The molecule has 17 heavy (non-hydrogen) atoms. The van der Waals surface area contributed by atoms with Crippen LogP contribution in [0.15, 0.2) is 18.2 Å². The first-order valence-electron chi connectivity index (χ1n) is 4.87. The maximum absolute atomic E-state index is 11.4. The monoisotopic (exact) mass is 302 g/mol. The van der Waals surface area contributed by atoms with Gasteiger partial charge in [-0.05, 0) is 24.6 Å². The molecule has 0 heterocycles. The number of alkyl halides is 1. The van der Waals surface area contributed by atoms with Crippen LogP contribution in [0.1, 0.15) is 23.7 Å². The van der Waals surface area contributed by atoms with E-state index in [1.54, 1.807) is 6.92 Å². The standard InChI is InChI=1S/C11H11BrO5/c1-2-8(12)11(16)17-6-3-4-9(13)7(5-6)10(14)15/h3-5,8,13H,2H2,1H3,(H,14,15). The Morgan fingerprint density at radius 2 is 2.12 bits per heavy atom. The number of aromatic hydroxyl groups is 1. The van der Waals surface area contributed by atoms with Gasteiger partial charge in [-0.3, -0.25) is 4.79 Å². The number of carboxylic acid groups (broad SMARTS) is 1. The van der Waals surface area contributed by atoms with Gasteiger partial charge in [0.25, 0.3) is 0 Å². The molecule has 1 rings (SSSR count). The van der Waals surface area contributed by atoms with Crippen LogP contribution in [0.5, 0.6) is 11.5 Å². The Kier molecular flexibility index (Phi) is 4.51. The van der Waals surface area contributed by atoms with Crippen molar-refractivity contribution in [3.8, 4) is 11.5 Å². The highest BCUT2D eigenvalue weighted by molar-refractivity contribution is 9.10. The lowest BCUT2D eigenvalue weighted by molar-refractivity contribution is -0.133. The lowest BCUT2D eigenvalue weighted by Gasteiger charge is -2.08. The van der Waals surface area contributed by atoms with Crippen molar-refractivity contribution in [3.05, 3.63) is 23.8 Å². The molecule has 1 unspecified atom stereocenters. The highest BCUT2D eigenvalue weighted by Gasteiger charge is 2.17. The fourth-order valence-electron chi connectivity index (χ4n) is 1.10. The van der Waals surface area contributed by atoms with Crippen molar-refractivity contribution >= 4 is 27.9 Å². The lowest BCUT2D eigenvalue weighted by atomic mass is 10.2. The molecule has 0 saturated heterocycles. The molecule has 5 nitrogen and oxygen atoms in total. The molecule has 0 bridgehead atoms. The molecule has 0 fully saturated rings. The van der Waals surface area contributed by atoms with Crippen molar-refractivity contribution in [1.29, 1.82) is 0 Å². The van der Waals surface area contributed by atoms with Crippen LogP contribution in [0.25, 0.3) is 0 Å². The third kappa shape index (κ3) is 3.45. The summed E-state index contributed by atoms with van der Waals surface area (Å²) in [6.07, 6.45) is 0.558. The van der Waals surface area contributed by atoms with E-state index in [9.17, 15) is 14.7 Å². The summed E-state index contributed by atoms with van der Waals surface area (Å²) < 4.78 is 4.95. The summed E-state index contributed by atoms with van der Waals surface area (Å²) in [6, 6.07) is 3.60. The van der Waals surface area contributed by atoms with E-state index < -0.39 is 16.8 Å². The molecular weight excluding hydrogens is 292 g/mol. The van der Waals surface area contributed by atoms with Gasteiger partial charge < -0.3 is 14.9 Å². The highest BCUT2D eigenvalue weighted by atomic mass is 79.9. The van der Waals surface area contributed by atoms with Crippen LogP contribution in [-0.2, 0) is 4.79 Å². The molecule has 1 atom stereocenters. The molecule has 6 heteroatoms. The summed E-state index contributed by atoms with van der Waals surface area (Å²) in [5, 5.41) is 18.0. The SMILES string of the molecule is CCC(Br)C(=O)Oc1ccc(O)c(C(=O)O)c1. The van der Waals surface area contributed by atoms with Crippen LogP contribution in [0, 0.1) is 0 Å². The van der Waals surface area contributed by atoms with Gasteiger partial charge in [0.2, 0.25) is 0 Å². The number of carboxylic acids is 1. The number of carbonyl (C=O) groups is 2. The molecular formula is C11H11BrO5. The number of carbonyl (C=O) groups excluding carboxylic acids is 1. The number of halogens is 1. The molecule has 0 aliphatic carbocycles. The van der Waals surface area contributed by atoms with E-state index in [4.69, 9.17) is 9.84 Å². The molecule has 0 aliphatic rings. The number of phenols is 1. The lowest BCUT2D eigenvalue weighted by Crippen LogP contribution is -2.19. The Hall–Kier alpha value is -1.56. The van der Waals surface area contributed by atoms with Crippen LogP contribution in [-0.4, -0.2) is 27.0 Å². The topological polar surface area (TPSA) is 83.8 Å². The fourth-order valence-corrected chi connectivity index (χ4v) is 1.19. The second kappa shape index (κ2) is 5.67. The number of hydrogen-bond acceptors (Lipinski definition) is 4. The number of rotatable bonds is 4. The molecule has 1 aromatic rings. The molecule has 1 aromatic carbocycles. The Bertz CT molecular complexity index is 443. The van der Waals surface area contributed by atoms with E-state index in [-0.39, 0.29) is 17.1 Å². The summed E-state index contributed by atoms with van der Waals surface area (Å²) in [5.74, 6) is -2.08. The molecule has 0 spiro atoms. The largest absolute Gasteiger partial charge is 0.507 e. The van der Waals surface area contributed by atoms with Crippen LogP contribution in [0.2, 0.25) is 0 Å². The minimum Gasteiger partial charge on any atom is -0.507 e. The zero-order valence-corrected chi connectivity index (χ0v) is 10.6. The second-order valence-corrected chi connectivity index (χ2v) is 4.39. The predicted molar refractivity (Wildman–Crippen MR) is 63.7 cm³/mol. The van der Waals surface area contributed by atoms with E-state index in [1.807, 2.05) is 0 Å². The van der Waals surface area contributed by atoms with E-state index in [2.05, 4.69) is 15.9 Å². The smallest absolute Gasteiger partial charge is 0.339 e. The van der Waals surface area contributed by atoms with Crippen molar-refractivity contribution in [2.45, 2.75) is 18.2 Å².